The molecule has 3 aromatic carbocycles. The van der Waals surface area contributed by atoms with Crippen LogP contribution >= 0.6 is 0 Å². The molecule has 0 aliphatic carbocycles. The monoisotopic (exact) mass is 512 g/mol. The smallest absolute Gasteiger partial charge is 0.250 e. The van der Waals surface area contributed by atoms with Crippen molar-refractivity contribution in [3.8, 4) is 23.2 Å². The molecular formula is C26H24N8O4. The molecular weight excluding hydrogens is 488 g/mol. The van der Waals surface area contributed by atoms with Gasteiger partial charge in [0, 0.05) is 17.8 Å². The van der Waals surface area contributed by atoms with E-state index in [1.807, 2.05) is 24.3 Å². The third-order valence-corrected chi connectivity index (χ3v) is 5.68. The molecule has 5 aromatic rings. The van der Waals surface area contributed by atoms with E-state index in [1.165, 1.54) is 27.7 Å². The number of hydrogen-bond acceptors (Lipinski definition) is 10. The normalized spacial score (nSPS) is 10.7. The number of nitrogens with zero attached hydrogens (tertiary/aromatic N) is 5. The number of amides is 1. The summed E-state index contributed by atoms with van der Waals surface area (Å²) in [4.78, 5) is 29.9. The van der Waals surface area contributed by atoms with Crippen LogP contribution in [0.1, 0.15) is 10.4 Å². The lowest BCUT2D eigenvalue weighted by Crippen LogP contribution is -2.14. The SMILES string of the molecule is COc1cc(Nc2ncnc(-n3c(Nc4ccccc4C(N)=O)nc4ccccc43)n2)cc(OC)c1OC. The van der Waals surface area contributed by atoms with Gasteiger partial charge in [-0.25, -0.2) is 19.5 Å². The molecule has 0 bridgehead atoms. The summed E-state index contributed by atoms with van der Waals surface area (Å²) < 4.78 is 18.0. The largest absolute Gasteiger partial charge is 0.493 e. The van der Waals surface area contributed by atoms with E-state index in [-0.39, 0.29) is 5.95 Å². The number of carbonyl (C=O) groups is 1. The molecule has 0 spiro atoms. The number of fused-ring (bicyclic) bond motifs is 1. The van der Waals surface area contributed by atoms with Gasteiger partial charge >= 0.3 is 0 Å². The Bertz CT molecular complexity index is 1610. The number of nitrogens with one attached hydrogen (secondary N) is 2. The van der Waals surface area contributed by atoms with Gasteiger partial charge in [0.2, 0.25) is 23.6 Å². The van der Waals surface area contributed by atoms with Crippen LogP contribution in [0.3, 0.4) is 0 Å². The molecule has 0 saturated carbocycles. The molecule has 38 heavy (non-hydrogen) atoms. The number of methoxy groups -OCH3 is 3. The molecule has 0 aliphatic rings. The van der Waals surface area contributed by atoms with Crippen LogP contribution in [0.4, 0.5) is 23.3 Å². The molecule has 12 heteroatoms. The Morgan fingerprint density at radius 1 is 0.868 bits per heavy atom. The Balaban J connectivity index is 1.57. The maximum atomic E-state index is 12.0. The van der Waals surface area contributed by atoms with Gasteiger partial charge in [0.1, 0.15) is 6.33 Å². The molecule has 1 amide bonds. The molecule has 0 unspecified atom stereocenters. The highest BCUT2D eigenvalue weighted by Gasteiger charge is 2.18. The van der Waals surface area contributed by atoms with Crippen LogP contribution in [0.2, 0.25) is 0 Å². The van der Waals surface area contributed by atoms with Gasteiger partial charge in [-0.15, -0.1) is 0 Å². The van der Waals surface area contributed by atoms with Crippen LogP contribution in [0.5, 0.6) is 17.2 Å². The second-order valence-electron chi connectivity index (χ2n) is 7.94. The molecule has 4 N–H and O–H groups in total. The van der Waals surface area contributed by atoms with Gasteiger partial charge in [0.25, 0.3) is 5.91 Å². The number of rotatable bonds is 9. The van der Waals surface area contributed by atoms with E-state index >= 15 is 0 Å². The maximum absolute atomic E-state index is 12.0. The van der Waals surface area contributed by atoms with Crippen molar-refractivity contribution in [3.05, 3.63) is 72.6 Å². The van der Waals surface area contributed by atoms with Crippen LogP contribution < -0.4 is 30.6 Å². The van der Waals surface area contributed by atoms with E-state index in [4.69, 9.17) is 24.9 Å². The average Bonchev–Trinajstić information content (AvgIpc) is 3.30. The van der Waals surface area contributed by atoms with Crippen molar-refractivity contribution in [3.63, 3.8) is 0 Å². The van der Waals surface area contributed by atoms with Gasteiger partial charge in [0.15, 0.2) is 11.5 Å². The predicted molar refractivity (Wildman–Crippen MR) is 142 cm³/mol. The Kier molecular flexibility index (Phi) is 6.59. The zero-order valence-corrected chi connectivity index (χ0v) is 20.8. The zero-order valence-electron chi connectivity index (χ0n) is 20.8. The van der Waals surface area contributed by atoms with E-state index in [0.29, 0.717) is 51.6 Å². The van der Waals surface area contributed by atoms with E-state index < -0.39 is 5.91 Å². The molecule has 12 nitrogen and oxygen atoms in total. The Hall–Kier alpha value is -5.39. The number of anilines is 4. The van der Waals surface area contributed by atoms with Gasteiger partial charge < -0.3 is 30.6 Å². The quantitative estimate of drug-likeness (QED) is 0.266. The highest BCUT2D eigenvalue weighted by Crippen LogP contribution is 2.40. The average molecular weight is 513 g/mol. The molecule has 0 fully saturated rings. The van der Waals surface area contributed by atoms with Gasteiger partial charge in [-0.05, 0) is 24.3 Å². The number of para-hydroxylation sites is 3. The minimum Gasteiger partial charge on any atom is -0.493 e. The molecule has 5 rings (SSSR count). The summed E-state index contributed by atoms with van der Waals surface area (Å²) in [5.41, 5.74) is 8.46. The van der Waals surface area contributed by atoms with Crippen LogP contribution in [0.25, 0.3) is 17.0 Å². The summed E-state index contributed by atoms with van der Waals surface area (Å²) >= 11 is 0. The fourth-order valence-electron chi connectivity index (χ4n) is 3.98. The second-order valence-corrected chi connectivity index (χ2v) is 7.94. The molecule has 0 atom stereocenters. The second kappa shape index (κ2) is 10.3. The Labute approximate surface area is 217 Å². The van der Waals surface area contributed by atoms with E-state index in [1.54, 1.807) is 41.0 Å². The number of carbonyl (C=O) groups excluding carboxylic acids is 1. The highest BCUT2D eigenvalue weighted by molar-refractivity contribution is 5.99. The topological polar surface area (TPSA) is 151 Å². The van der Waals surface area contributed by atoms with Gasteiger partial charge in [-0.2, -0.15) is 4.98 Å². The van der Waals surface area contributed by atoms with Gasteiger partial charge in [-0.1, -0.05) is 24.3 Å². The van der Waals surface area contributed by atoms with E-state index in [9.17, 15) is 4.79 Å². The standard InChI is InChI=1S/C26H24N8O4/c1-36-20-12-15(13-21(37-2)22(20)38-3)30-24-28-14-29-25(33-24)34-19-11-7-6-10-18(19)32-26(34)31-17-9-5-4-8-16(17)23(27)35/h4-14H,1-3H3,(H2,27,35)(H,31,32)(H,28,29,30,33). The maximum Gasteiger partial charge on any atom is 0.250 e. The lowest BCUT2D eigenvalue weighted by molar-refractivity contribution is 0.100. The molecule has 0 radical (unpaired) electrons. The number of nitrogens with two attached hydrogens (primary N) is 1. The first-order valence-electron chi connectivity index (χ1n) is 11.4. The number of benzene rings is 3. The van der Waals surface area contributed by atoms with Crippen LogP contribution in [0.15, 0.2) is 67.0 Å². The van der Waals surface area contributed by atoms with Crippen molar-refractivity contribution in [1.29, 1.82) is 0 Å². The van der Waals surface area contributed by atoms with Crippen molar-refractivity contribution in [2.75, 3.05) is 32.0 Å². The first-order valence-corrected chi connectivity index (χ1v) is 11.4. The highest BCUT2D eigenvalue weighted by atomic mass is 16.5. The number of aromatic nitrogens is 5. The summed E-state index contributed by atoms with van der Waals surface area (Å²) in [6, 6.07) is 17.9. The lowest BCUT2D eigenvalue weighted by atomic mass is 10.1. The molecule has 2 heterocycles. The number of hydrogen-bond donors (Lipinski definition) is 3. The van der Waals surface area contributed by atoms with Crippen LogP contribution in [0, 0.1) is 0 Å². The predicted octanol–water partition coefficient (Wildman–Crippen LogP) is 3.82. The van der Waals surface area contributed by atoms with Crippen molar-refractivity contribution in [2.24, 2.45) is 5.73 Å². The van der Waals surface area contributed by atoms with Crippen molar-refractivity contribution >= 4 is 40.2 Å². The zero-order chi connectivity index (χ0) is 26.6. The summed E-state index contributed by atoms with van der Waals surface area (Å²) in [5, 5.41) is 6.36. The number of ether oxygens (including phenoxy) is 3. The Morgan fingerprint density at radius 2 is 1.58 bits per heavy atom. The van der Waals surface area contributed by atoms with Crippen LogP contribution in [-0.4, -0.2) is 51.7 Å². The van der Waals surface area contributed by atoms with Crippen molar-refractivity contribution in [1.82, 2.24) is 24.5 Å². The van der Waals surface area contributed by atoms with E-state index in [2.05, 4.69) is 25.6 Å². The summed E-state index contributed by atoms with van der Waals surface area (Å²) in [6.07, 6.45) is 1.39. The summed E-state index contributed by atoms with van der Waals surface area (Å²) in [7, 11) is 4.61. The fourth-order valence-corrected chi connectivity index (χ4v) is 3.98. The van der Waals surface area contributed by atoms with Gasteiger partial charge in [0.05, 0.1) is 43.6 Å². The summed E-state index contributed by atoms with van der Waals surface area (Å²) in [6.45, 7) is 0. The van der Waals surface area contributed by atoms with Gasteiger partial charge in [-0.3, -0.25) is 4.79 Å². The molecule has 192 valence electrons. The minimum absolute atomic E-state index is 0.269. The molecule has 0 aliphatic heterocycles. The van der Waals surface area contributed by atoms with Crippen molar-refractivity contribution in [2.45, 2.75) is 0 Å². The number of imidazole rings is 1. The van der Waals surface area contributed by atoms with E-state index in [0.717, 1.165) is 5.52 Å². The minimum atomic E-state index is -0.562. The first-order chi connectivity index (χ1) is 18.5. The molecule has 0 saturated heterocycles. The third-order valence-electron chi connectivity index (χ3n) is 5.68. The third kappa shape index (κ3) is 4.57. The number of primary amides is 1. The first kappa shape index (κ1) is 24.3. The fraction of sp³-hybridized carbons (Fsp3) is 0.115. The Morgan fingerprint density at radius 3 is 2.29 bits per heavy atom. The van der Waals surface area contributed by atoms with Crippen LogP contribution in [-0.2, 0) is 0 Å². The molecule has 2 aromatic heterocycles. The summed E-state index contributed by atoms with van der Waals surface area (Å²) in [5.74, 6) is 1.81. The van der Waals surface area contributed by atoms with Crippen molar-refractivity contribution < 1.29 is 19.0 Å². The lowest BCUT2D eigenvalue weighted by Gasteiger charge is -2.15.